The fourth-order valence-corrected chi connectivity index (χ4v) is 1.54. The molecule has 15 heavy (non-hydrogen) atoms. The summed E-state index contributed by atoms with van der Waals surface area (Å²) in [7, 11) is 0. The Balaban J connectivity index is 2.53. The molecule has 1 atom stereocenters. The number of alkyl halides is 1. The maximum Gasteiger partial charge on any atom is 0.123 e. The van der Waals surface area contributed by atoms with E-state index in [1.54, 1.807) is 12.1 Å². The molecule has 0 aromatic heterocycles. The largest absolute Gasteiger partial charge is 0.491 e. The molecule has 0 amide bonds. The standard InChI is InChI=1S/C11H14Cl2O2/c1-8-2-3-9(13)6-11(8)15-7-10(14)4-5-12/h2-3,6,10,14H,4-5,7H2,1H3. The van der Waals surface area contributed by atoms with Crippen molar-refractivity contribution in [2.24, 2.45) is 0 Å². The number of hydrogen-bond acceptors (Lipinski definition) is 2. The summed E-state index contributed by atoms with van der Waals surface area (Å²) in [5.41, 5.74) is 0.998. The molecule has 84 valence electrons. The minimum atomic E-state index is -0.527. The summed E-state index contributed by atoms with van der Waals surface area (Å²) in [6.07, 6.45) is 0.00198. The van der Waals surface area contributed by atoms with Crippen LogP contribution in [0.1, 0.15) is 12.0 Å². The van der Waals surface area contributed by atoms with Crippen molar-refractivity contribution in [3.05, 3.63) is 28.8 Å². The predicted octanol–water partition coefficient (Wildman–Crippen LogP) is 3.02. The van der Waals surface area contributed by atoms with Gasteiger partial charge < -0.3 is 9.84 Å². The molecule has 1 unspecified atom stereocenters. The van der Waals surface area contributed by atoms with Crippen LogP contribution in [0.25, 0.3) is 0 Å². The lowest BCUT2D eigenvalue weighted by molar-refractivity contribution is 0.105. The fraction of sp³-hybridized carbons (Fsp3) is 0.455. The van der Waals surface area contributed by atoms with Gasteiger partial charge in [-0.1, -0.05) is 17.7 Å². The van der Waals surface area contributed by atoms with E-state index in [-0.39, 0.29) is 6.61 Å². The summed E-state index contributed by atoms with van der Waals surface area (Å²) in [6.45, 7) is 2.17. The van der Waals surface area contributed by atoms with Crippen LogP contribution in [0.15, 0.2) is 18.2 Å². The number of aryl methyl sites for hydroxylation is 1. The van der Waals surface area contributed by atoms with Crippen molar-refractivity contribution in [2.45, 2.75) is 19.4 Å². The SMILES string of the molecule is Cc1ccc(Cl)cc1OCC(O)CCCl. The van der Waals surface area contributed by atoms with E-state index in [4.69, 9.17) is 27.9 Å². The van der Waals surface area contributed by atoms with Gasteiger partial charge in [-0.25, -0.2) is 0 Å². The third-order valence-electron chi connectivity index (χ3n) is 2.02. The van der Waals surface area contributed by atoms with Crippen molar-refractivity contribution in [3.8, 4) is 5.75 Å². The van der Waals surface area contributed by atoms with Crippen molar-refractivity contribution in [1.29, 1.82) is 0 Å². The summed E-state index contributed by atoms with van der Waals surface area (Å²) in [4.78, 5) is 0. The molecule has 1 rings (SSSR count). The zero-order valence-electron chi connectivity index (χ0n) is 8.54. The van der Waals surface area contributed by atoms with Gasteiger partial charge in [-0.3, -0.25) is 0 Å². The Morgan fingerprint density at radius 2 is 2.20 bits per heavy atom. The van der Waals surface area contributed by atoms with Gasteiger partial charge in [0.1, 0.15) is 12.4 Å². The van der Waals surface area contributed by atoms with Gasteiger partial charge in [0.15, 0.2) is 0 Å². The van der Waals surface area contributed by atoms with Gasteiger partial charge in [-0.05, 0) is 31.0 Å². The maximum atomic E-state index is 9.43. The van der Waals surface area contributed by atoms with Crippen LogP contribution in [0.5, 0.6) is 5.75 Å². The first-order valence-corrected chi connectivity index (χ1v) is 5.67. The molecule has 0 saturated carbocycles. The molecule has 4 heteroatoms. The van der Waals surface area contributed by atoms with Crippen LogP contribution < -0.4 is 4.74 Å². The normalized spacial score (nSPS) is 12.5. The van der Waals surface area contributed by atoms with Crippen LogP contribution in [0.4, 0.5) is 0 Å². The summed E-state index contributed by atoms with van der Waals surface area (Å²) in [5, 5.41) is 10.1. The second-order valence-corrected chi connectivity index (χ2v) is 4.17. The quantitative estimate of drug-likeness (QED) is 0.813. The average molecular weight is 249 g/mol. The second-order valence-electron chi connectivity index (χ2n) is 3.35. The summed E-state index contributed by atoms with van der Waals surface area (Å²) >= 11 is 11.3. The number of aliphatic hydroxyl groups is 1. The van der Waals surface area contributed by atoms with Gasteiger partial charge in [-0.15, -0.1) is 11.6 Å². The molecule has 0 radical (unpaired) electrons. The Kier molecular flexibility index (Phi) is 5.23. The first kappa shape index (κ1) is 12.6. The molecular formula is C11H14Cl2O2. The van der Waals surface area contributed by atoms with E-state index < -0.39 is 6.10 Å². The molecule has 0 heterocycles. The van der Waals surface area contributed by atoms with Crippen LogP contribution in [0.2, 0.25) is 5.02 Å². The molecule has 0 fully saturated rings. The minimum absolute atomic E-state index is 0.244. The minimum Gasteiger partial charge on any atom is -0.491 e. The highest BCUT2D eigenvalue weighted by molar-refractivity contribution is 6.30. The first-order valence-electron chi connectivity index (χ1n) is 4.76. The predicted molar refractivity (Wildman–Crippen MR) is 63.0 cm³/mol. The van der Waals surface area contributed by atoms with Crippen molar-refractivity contribution < 1.29 is 9.84 Å². The van der Waals surface area contributed by atoms with E-state index in [2.05, 4.69) is 0 Å². The van der Waals surface area contributed by atoms with Crippen molar-refractivity contribution in [1.82, 2.24) is 0 Å². The number of halogens is 2. The molecule has 0 aliphatic heterocycles. The lowest BCUT2D eigenvalue weighted by atomic mass is 10.2. The van der Waals surface area contributed by atoms with Crippen LogP contribution in [-0.4, -0.2) is 23.7 Å². The monoisotopic (exact) mass is 248 g/mol. The van der Waals surface area contributed by atoms with E-state index in [0.29, 0.717) is 23.1 Å². The maximum absolute atomic E-state index is 9.43. The molecule has 1 aromatic carbocycles. The van der Waals surface area contributed by atoms with E-state index in [1.807, 2.05) is 13.0 Å². The summed E-state index contributed by atoms with van der Waals surface area (Å²) in [5.74, 6) is 1.13. The Bertz CT molecular complexity index is 315. The lowest BCUT2D eigenvalue weighted by Crippen LogP contribution is -2.18. The summed E-state index contributed by atoms with van der Waals surface area (Å²) in [6, 6.07) is 5.43. The fourth-order valence-electron chi connectivity index (χ4n) is 1.12. The molecule has 0 aliphatic rings. The third kappa shape index (κ3) is 4.29. The van der Waals surface area contributed by atoms with E-state index in [9.17, 15) is 5.11 Å². The average Bonchev–Trinajstić information content (AvgIpc) is 2.20. The Labute approximate surface area is 99.8 Å². The zero-order chi connectivity index (χ0) is 11.3. The molecule has 0 aliphatic carbocycles. The highest BCUT2D eigenvalue weighted by Gasteiger charge is 2.06. The topological polar surface area (TPSA) is 29.5 Å². The van der Waals surface area contributed by atoms with Crippen molar-refractivity contribution >= 4 is 23.2 Å². The Hall–Kier alpha value is -0.440. The van der Waals surface area contributed by atoms with Gasteiger partial charge in [0, 0.05) is 10.9 Å². The van der Waals surface area contributed by atoms with Gasteiger partial charge in [-0.2, -0.15) is 0 Å². The highest BCUT2D eigenvalue weighted by Crippen LogP contribution is 2.22. The van der Waals surface area contributed by atoms with Gasteiger partial charge in [0.2, 0.25) is 0 Å². The second kappa shape index (κ2) is 6.21. The molecule has 0 saturated heterocycles. The highest BCUT2D eigenvalue weighted by atomic mass is 35.5. The van der Waals surface area contributed by atoms with Crippen molar-refractivity contribution in [2.75, 3.05) is 12.5 Å². The molecule has 0 spiro atoms. The Morgan fingerprint density at radius 1 is 1.47 bits per heavy atom. The molecule has 2 nitrogen and oxygen atoms in total. The van der Waals surface area contributed by atoms with E-state index in [1.165, 1.54) is 0 Å². The summed E-state index contributed by atoms with van der Waals surface area (Å²) < 4.78 is 5.44. The molecule has 1 N–H and O–H groups in total. The number of aliphatic hydroxyl groups excluding tert-OH is 1. The molecular weight excluding hydrogens is 235 g/mol. The molecule has 1 aromatic rings. The van der Waals surface area contributed by atoms with Crippen LogP contribution in [-0.2, 0) is 0 Å². The van der Waals surface area contributed by atoms with Crippen LogP contribution in [0.3, 0.4) is 0 Å². The smallest absolute Gasteiger partial charge is 0.123 e. The van der Waals surface area contributed by atoms with Crippen LogP contribution >= 0.6 is 23.2 Å². The van der Waals surface area contributed by atoms with Crippen molar-refractivity contribution in [3.63, 3.8) is 0 Å². The Morgan fingerprint density at radius 3 is 2.87 bits per heavy atom. The number of ether oxygens (including phenoxy) is 1. The molecule has 0 bridgehead atoms. The zero-order valence-corrected chi connectivity index (χ0v) is 10.1. The van der Waals surface area contributed by atoms with Gasteiger partial charge in [0.05, 0.1) is 6.10 Å². The van der Waals surface area contributed by atoms with Gasteiger partial charge >= 0.3 is 0 Å². The number of hydrogen-bond donors (Lipinski definition) is 1. The lowest BCUT2D eigenvalue weighted by Gasteiger charge is -2.12. The van der Waals surface area contributed by atoms with Gasteiger partial charge in [0.25, 0.3) is 0 Å². The number of benzene rings is 1. The van der Waals surface area contributed by atoms with E-state index in [0.717, 1.165) is 5.56 Å². The number of rotatable bonds is 5. The third-order valence-corrected chi connectivity index (χ3v) is 2.48. The van der Waals surface area contributed by atoms with Crippen LogP contribution in [0, 0.1) is 6.92 Å². The first-order chi connectivity index (χ1) is 7.13. The van der Waals surface area contributed by atoms with E-state index >= 15 is 0 Å².